The summed E-state index contributed by atoms with van der Waals surface area (Å²) < 4.78 is 38.9. The summed E-state index contributed by atoms with van der Waals surface area (Å²) in [6, 6.07) is 6.81. The molecular formula is C23H23ClF3N3O. The molecule has 0 spiro atoms. The van der Waals surface area contributed by atoms with Crippen molar-refractivity contribution in [2.75, 3.05) is 5.32 Å². The number of alkyl halides is 3. The normalized spacial score (nSPS) is 23.2. The Bertz CT molecular complexity index is 1000. The third-order valence-corrected chi connectivity index (χ3v) is 6.50. The predicted octanol–water partition coefficient (Wildman–Crippen LogP) is 5.94. The van der Waals surface area contributed by atoms with E-state index in [-0.39, 0.29) is 22.7 Å². The number of anilines is 1. The molecule has 4 nitrogen and oxygen atoms in total. The number of nitrogens with zero attached hydrogens (tertiary/aromatic N) is 1. The highest BCUT2D eigenvalue weighted by atomic mass is 35.5. The van der Waals surface area contributed by atoms with Crippen LogP contribution < -0.4 is 10.6 Å². The molecule has 4 rings (SSSR count). The summed E-state index contributed by atoms with van der Waals surface area (Å²) in [6.45, 7) is 4.21. The topological polar surface area (TPSA) is 54.0 Å². The van der Waals surface area contributed by atoms with Gasteiger partial charge in [0.1, 0.15) is 5.82 Å². The summed E-state index contributed by atoms with van der Waals surface area (Å²) in [4.78, 5) is 16.9. The summed E-state index contributed by atoms with van der Waals surface area (Å²) in [5.74, 6) is 0.789. The van der Waals surface area contributed by atoms with E-state index in [9.17, 15) is 18.0 Å². The second-order valence-corrected chi connectivity index (χ2v) is 8.65. The fourth-order valence-corrected chi connectivity index (χ4v) is 4.64. The maximum Gasteiger partial charge on any atom is 0.416 e. The van der Waals surface area contributed by atoms with Crippen LogP contribution in [0.3, 0.4) is 0 Å². The molecule has 1 amide bonds. The predicted molar refractivity (Wildman–Crippen MR) is 115 cm³/mol. The number of fused-ring (bicyclic) bond motifs is 1. The molecule has 0 radical (unpaired) electrons. The zero-order valence-electron chi connectivity index (χ0n) is 16.8. The van der Waals surface area contributed by atoms with E-state index in [0.717, 1.165) is 67.3 Å². The molecule has 0 saturated heterocycles. The molecule has 1 aromatic heterocycles. The van der Waals surface area contributed by atoms with Gasteiger partial charge in [-0.2, -0.15) is 13.2 Å². The molecule has 1 atom stereocenters. The van der Waals surface area contributed by atoms with E-state index in [2.05, 4.69) is 22.2 Å². The van der Waals surface area contributed by atoms with E-state index >= 15 is 0 Å². The summed E-state index contributed by atoms with van der Waals surface area (Å²) in [5.41, 5.74) is 1.09. The Balaban J connectivity index is 1.31. The molecule has 31 heavy (non-hydrogen) atoms. The first-order chi connectivity index (χ1) is 14.7. The maximum atomic E-state index is 13.0. The number of halogens is 4. The average Bonchev–Trinajstić information content (AvgIpc) is 3.04. The van der Waals surface area contributed by atoms with Crippen molar-refractivity contribution in [3.05, 3.63) is 64.8 Å². The van der Waals surface area contributed by atoms with Gasteiger partial charge in [0.15, 0.2) is 0 Å². The number of nitrogens with one attached hydrogen (secondary N) is 2. The quantitative estimate of drug-likeness (QED) is 0.607. The number of amides is 1. The van der Waals surface area contributed by atoms with Crippen molar-refractivity contribution in [3.8, 4) is 0 Å². The number of hydrogen-bond acceptors (Lipinski definition) is 3. The minimum atomic E-state index is -4.52. The minimum absolute atomic E-state index is 0.0122. The third-order valence-electron chi connectivity index (χ3n) is 6.17. The Morgan fingerprint density at radius 1 is 1.23 bits per heavy atom. The van der Waals surface area contributed by atoms with E-state index in [1.807, 2.05) is 12.1 Å². The van der Waals surface area contributed by atoms with Gasteiger partial charge in [-0.25, -0.2) is 4.98 Å². The fraction of sp³-hybridized carbons (Fsp3) is 0.391. The highest BCUT2D eigenvalue weighted by molar-refractivity contribution is 6.33. The number of aromatic nitrogens is 1. The first-order valence-electron chi connectivity index (χ1n) is 10.3. The van der Waals surface area contributed by atoms with Crippen LogP contribution in [-0.4, -0.2) is 23.0 Å². The van der Waals surface area contributed by atoms with Gasteiger partial charge in [0.25, 0.3) is 5.91 Å². The second-order valence-electron chi connectivity index (χ2n) is 8.24. The summed E-state index contributed by atoms with van der Waals surface area (Å²) in [6.07, 6.45) is 1.58. The second kappa shape index (κ2) is 8.54. The summed E-state index contributed by atoms with van der Waals surface area (Å²) >= 11 is 5.98. The molecule has 1 aliphatic carbocycles. The average molecular weight is 450 g/mol. The molecule has 2 aliphatic rings. The molecule has 2 heterocycles. The van der Waals surface area contributed by atoms with Crippen LogP contribution in [0.1, 0.15) is 53.6 Å². The number of benzene rings is 1. The largest absolute Gasteiger partial charge is 0.416 e. The van der Waals surface area contributed by atoms with Crippen LogP contribution in [0.2, 0.25) is 5.02 Å². The van der Waals surface area contributed by atoms with E-state index < -0.39 is 17.6 Å². The van der Waals surface area contributed by atoms with Crippen LogP contribution in [0.25, 0.3) is 5.57 Å². The van der Waals surface area contributed by atoms with Crippen molar-refractivity contribution in [1.29, 1.82) is 0 Å². The molecule has 164 valence electrons. The SMILES string of the molecule is C=C1c2cccnc2NC1CC1CCC(NC(=O)c2cc(C(F)(F)F)ccc2Cl)CC1. The molecule has 0 bridgehead atoms. The van der Waals surface area contributed by atoms with Gasteiger partial charge in [0.05, 0.1) is 22.2 Å². The van der Waals surface area contributed by atoms with Gasteiger partial charge in [0, 0.05) is 17.8 Å². The molecule has 1 aromatic carbocycles. The Hall–Kier alpha value is -2.54. The zero-order chi connectivity index (χ0) is 22.2. The van der Waals surface area contributed by atoms with Crippen LogP contribution >= 0.6 is 11.6 Å². The van der Waals surface area contributed by atoms with Crippen LogP contribution in [-0.2, 0) is 6.18 Å². The third kappa shape index (κ3) is 4.71. The Kier molecular flexibility index (Phi) is 5.97. The van der Waals surface area contributed by atoms with Gasteiger partial charge in [-0.05, 0) is 73.9 Å². The summed E-state index contributed by atoms with van der Waals surface area (Å²) in [7, 11) is 0. The molecular weight excluding hydrogens is 427 g/mol. The van der Waals surface area contributed by atoms with Gasteiger partial charge in [-0.3, -0.25) is 4.79 Å². The number of pyridine rings is 1. The molecule has 1 fully saturated rings. The highest BCUT2D eigenvalue weighted by Crippen LogP contribution is 2.38. The molecule has 2 N–H and O–H groups in total. The lowest BCUT2D eigenvalue weighted by Crippen LogP contribution is -2.38. The van der Waals surface area contributed by atoms with Gasteiger partial charge < -0.3 is 10.6 Å². The van der Waals surface area contributed by atoms with Gasteiger partial charge in [-0.15, -0.1) is 0 Å². The maximum absolute atomic E-state index is 13.0. The van der Waals surface area contributed by atoms with Crippen LogP contribution in [0.5, 0.6) is 0 Å². The van der Waals surface area contributed by atoms with Crippen molar-refractivity contribution < 1.29 is 18.0 Å². The van der Waals surface area contributed by atoms with Gasteiger partial charge in [-0.1, -0.05) is 18.2 Å². The van der Waals surface area contributed by atoms with E-state index in [0.29, 0.717) is 5.92 Å². The monoisotopic (exact) mass is 449 g/mol. The first kappa shape index (κ1) is 21.7. The molecule has 1 unspecified atom stereocenters. The Morgan fingerprint density at radius 2 is 1.97 bits per heavy atom. The van der Waals surface area contributed by atoms with Gasteiger partial charge >= 0.3 is 6.18 Å². The van der Waals surface area contributed by atoms with Crippen LogP contribution in [0.15, 0.2) is 43.1 Å². The fourth-order valence-electron chi connectivity index (χ4n) is 4.44. The standard InChI is InChI=1S/C23H23ClF3N3O/c1-13-17-3-2-10-28-21(17)30-20(13)11-14-4-7-16(8-5-14)29-22(31)18-12-15(23(25,26)27)6-9-19(18)24/h2-3,6,9-10,12,14,16,20H,1,4-5,7-8,11H2,(H,28,30)(H,29,31). The first-order valence-corrected chi connectivity index (χ1v) is 10.7. The molecule has 8 heteroatoms. The zero-order valence-corrected chi connectivity index (χ0v) is 17.6. The Labute approximate surface area is 183 Å². The number of rotatable bonds is 4. The molecule has 1 saturated carbocycles. The number of carbonyl (C=O) groups is 1. The molecule has 1 aliphatic heterocycles. The van der Waals surface area contributed by atoms with Crippen molar-refractivity contribution in [2.24, 2.45) is 5.92 Å². The number of carbonyl (C=O) groups excluding carboxylic acids is 1. The van der Waals surface area contributed by atoms with Crippen LogP contribution in [0.4, 0.5) is 19.0 Å². The minimum Gasteiger partial charge on any atom is -0.363 e. The number of hydrogen-bond donors (Lipinski definition) is 2. The van der Waals surface area contributed by atoms with E-state index in [4.69, 9.17) is 11.6 Å². The van der Waals surface area contributed by atoms with Crippen LogP contribution in [0, 0.1) is 5.92 Å². The highest BCUT2D eigenvalue weighted by Gasteiger charge is 2.33. The lowest BCUT2D eigenvalue weighted by atomic mass is 9.81. The lowest BCUT2D eigenvalue weighted by Gasteiger charge is -2.31. The van der Waals surface area contributed by atoms with E-state index in [1.165, 1.54) is 0 Å². The van der Waals surface area contributed by atoms with Gasteiger partial charge in [0.2, 0.25) is 0 Å². The van der Waals surface area contributed by atoms with E-state index in [1.54, 1.807) is 6.20 Å². The van der Waals surface area contributed by atoms with Crippen molar-refractivity contribution in [2.45, 2.75) is 50.4 Å². The van der Waals surface area contributed by atoms with Crippen molar-refractivity contribution >= 4 is 28.9 Å². The smallest absolute Gasteiger partial charge is 0.363 e. The Morgan fingerprint density at radius 3 is 2.65 bits per heavy atom. The lowest BCUT2D eigenvalue weighted by molar-refractivity contribution is -0.137. The summed E-state index contributed by atoms with van der Waals surface area (Å²) in [5, 5.41) is 6.30. The van der Waals surface area contributed by atoms with Crippen molar-refractivity contribution in [3.63, 3.8) is 0 Å². The van der Waals surface area contributed by atoms with Crippen molar-refractivity contribution in [1.82, 2.24) is 10.3 Å². The molecule has 2 aromatic rings.